The van der Waals surface area contributed by atoms with E-state index in [0.717, 1.165) is 15.4 Å². The summed E-state index contributed by atoms with van der Waals surface area (Å²) in [5.41, 5.74) is 1.79. The number of benzene rings is 3. The van der Waals surface area contributed by atoms with Crippen molar-refractivity contribution in [3.63, 3.8) is 0 Å². The lowest BCUT2D eigenvalue weighted by atomic mass is 10.1. The van der Waals surface area contributed by atoms with Gasteiger partial charge in [-0.15, -0.1) is 0 Å². The summed E-state index contributed by atoms with van der Waals surface area (Å²) in [6.07, 6.45) is 0. The number of rotatable bonds is 11. The van der Waals surface area contributed by atoms with Crippen LogP contribution in [0, 0.1) is 6.92 Å². The maximum absolute atomic E-state index is 14.0. The van der Waals surface area contributed by atoms with E-state index in [1.165, 1.54) is 30.2 Å². The minimum Gasteiger partial charge on any atom is -0.495 e. The van der Waals surface area contributed by atoms with Gasteiger partial charge in [0, 0.05) is 17.6 Å². The largest absolute Gasteiger partial charge is 0.495 e. The van der Waals surface area contributed by atoms with Crippen LogP contribution in [0.15, 0.2) is 77.7 Å². The highest BCUT2D eigenvalue weighted by atomic mass is 35.5. The molecule has 0 aliphatic rings. The van der Waals surface area contributed by atoms with Crippen molar-refractivity contribution >= 4 is 39.1 Å². The molecular formula is C29H34ClN3O5S. The van der Waals surface area contributed by atoms with E-state index in [0.29, 0.717) is 0 Å². The summed E-state index contributed by atoms with van der Waals surface area (Å²) < 4.78 is 34.4. The summed E-state index contributed by atoms with van der Waals surface area (Å²) in [6, 6.07) is 19.1. The predicted octanol–water partition coefficient (Wildman–Crippen LogP) is 4.79. The van der Waals surface area contributed by atoms with Crippen LogP contribution in [0.5, 0.6) is 5.75 Å². The minimum absolute atomic E-state index is 0.00290. The monoisotopic (exact) mass is 571 g/mol. The third kappa shape index (κ3) is 7.52. The van der Waals surface area contributed by atoms with E-state index in [-0.39, 0.29) is 39.8 Å². The normalized spacial score (nSPS) is 12.1. The number of methoxy groups -OCH3 is 1. The summed E-state index contributed by atoms with van der Waals surface area (Å²) in [6.45, 7) is 6.65. The number of nitrogens with zero attached hydrogens (tertiary/aromatic N) is 2. The number of nitrogens with one attached hydrogen (secondary N) is 1. The molecule has 0 saturated heterocycles. The van der Waals surface area contributed by atoms with Gasteiger partial charge in [-0.05, 0) is 63.6 Å². The number of amides is 2. The van der Waals surface area contributed by atoms with Crippen molar-refractivity contribution < 1.29 is 22.7 Å². The molecule has 0 saturated carbocycles. The Morgan fingerprint density at radius 1 is 0.974 bits per heavy atom. The molecule has 39 heavy (non-hydrogen) atoms. The maximum Gasteiger partial charge on any atom is 0.264 e. The number of carbonyl (C=O) groups excluding carboxylic acids is 2. The molecule has 1 atom stereocenters. The van der Waals surface area contributed by atoms with Crippen LogP contribution in [-0.2, 0) is 26.2 Å². The molecule has 0 heterocycles. The van der Waals surface area contributed by atoms with E-state index in [2.05, 4.69) is 5.32 Å². The molecule has 10 heteroatoms. The van der Waals surface area contributed by atoms with Gasteiger partial charge in [-0.3, -0.25) is 13.9 Å². The number of sulfonamides is 1. The van der Waals surface area contributed by atoms with Crippen LogP contribution in [0.25, 0.3) is 0 Å². The fourth-order valence-electron chi connectivity index (χ4n) is 3.98. The molecule has 0 aliphatic carbocycles. The summed E-state index contributed by atoms with van der Waals surface area (Å²) in [5.74, 6) is -0.686. The molecule has 0 fully saturated rings. The number of anilines is 1. The maximum atomic E-state index is 14.0. The fraction of sp³-hybridized carbons (Fsp3) is 0.310. The number of carbonyl (C=O) groups is 2. The highest BCUT2D eigenvalue weighted by Crippen LogP contribution is 2.35. The van der Waals surface area contributed by atoms with Crippen LogP contribution in [0.2, 0.25) is 5.02 Å². The van der Waals surface area contributed by atoms with Crippen LogP contribution >= 0.6 is 11.6 Å². The molecule has 0 spiro atoms. The van der Waals surface area contributed by atoms with Gasteiger partial charge in [0.1, 0.15) is 18.3 Å². The van der Waals surface area contributed by atoms with E-state index >= 15 is 0 Å². The Bertz CT molecular complexity index is 1400. The highest BCUT2D eigenvalue weighted by Gasteiger charge is 2.34. The Hall–Kier alpha value is -3.56. The second-order valence-corrected chi connectivity index (χ2v) is 11.8. The molecule has 208 valence electrons. The second kappa shape index (κ2) is 13.0. The van der Waals surface area contributed by atoms with Crippen molar-refractivity contribution in [1.29, 1.82) is 0 Å². The molecular weight excluding hydrogens is 538 g/mol. The van der Waals surface area contributed by atoms with Crippen molar-refractivity contribution in [2.45, 2.75) is 51.2 Å². The minimum atomic E-state index is -4.24. The number of aryl methyl sites for hydroxylation is 1. The first-order chi connectivity index (χ1) is 18.4. The number of hydrogen-bond donors (Lipinski definition) is 1. The van der Waals surface area contributed by atoms with Crippen molar-refractivity contribution in [2.24, 2.45) is 0 Å². The smallest absolute Gasteiger partial charge is 0.264 e. The molecule has 0 unspecified atom stereocenters. The number of hydrogen-bond acceptors (Lipinski definition) is 5. The van der Waals surface area contributed by atoms with Gasteiger partial charge < -0.3 is 15.0 Å². The van der Waals surface area contributed by atoms with Gasteiger partial charge in [0.25, 0.3) is 10.0 Å². The average molecular weight is 572 g/mol. The van der Waals surface area contributed by atoms with E-state index in [1.807, 2.05) is 51.1 Å². The molecule has 1 N–H and O–H groups in total. The molecule has 8 nitrogen and oxygen atoms in total. The molecule has 0 aliphatic heterocycles. The zero-order chi connectivity index (χ0) is 28.7. The Morgan fingerprint density at radius 3 is 2.21 bits per heavy atom. The molecule has 3 aromatic carbocycles. The first kappa shape index (κ1) is 30.0. The Labute approximate surface area is 235 Å². The topological polar surface area (TPSA) is 96.0 Å². The molecule has 0 bridgehead atoms. The van der Waals surface area contributed by atoms with Gasteiger partial charge in [0.15, 0.2) is 0 Å². The standard InChI is InChI=1S/C29H34ClN3O5S/c1-20(2)31-29(35)22(4)32(18-23-9-7-6-8-10-23)28(34)19-33(26-17-24(30)13-16-27(26)38-5)39(36,37)25-14-11-21(3)12-15-25/h6-17,20,22H,18-19H2,1-5H3,(H,31,35)/t22-/m1/s1. The lowest BCUT2D eigenvalue weighted by Gasteiger charge is -2.32. The quantitative estimate of drug-likeness (QED) is 0.357. The number of ether oxygens (including phenoxy) is 1. The van der Waals surface area contributed by atoms with Gasteiger partial charge in [-0.25, -0.2) is 8.42 Å². The fourth-order valence-corrected chi connectivity index (χ4v) is 5.56. The van der Waals surface area contributed by atoms with E-state index in [4.69, 9.17) is 16.3 Å². The summed E-state index contributed by atoms with van der Waals surface area (Å²) in [7, 11) is -2.83. The SMILES string of the molecule is COc1ccc(Cl)cc1N(CC(=O)N(Cc1ccccc1)[C@H](C)C(=O)NC(C)C)S(=O)(=O)c1ccc(C)cc1. The van der Waals surface area contributed by atoms with Gasteiger partial charge >= 0.3 is 0 Å². The lowest BCUT2D eigenvalue weighted by molar-refractivity contribution is -0.139. The third-order valence-electron chi connectivity index (χ3n) is 6.09. The van der Waals surface area contributed by atoms with E-state index in [1.54, 1.807) is 31.2 Å². The highest BCUT2D eigenvalue weighted by molar-refractivity contribution is 7.92. The Morgan fingerprint density at radius 2 is 1.62 bits per heavy atom. The Balaban J connectivity index is 2.09. The van der Waals surface area contributed by atoms with Gasteiger partial charge in [-0.1, -0.05) is 59.6 Å². The summed E-state index contributed by atoms with van der Waals surface area (Å²) in [5, 5.41) is 3.11. The van der Waals surface area contributed by atoms with Gasteiger partial charge in [-0.2, -0.15) is 0 Å². The second-order valence-electron chi connectivity index (χ2n) is 9.49. The first-order valence-electron chi connectivity index (χ1n) is 12.5. The van der Waals surface area contributed by atoms with Crippen LogP contribution in [0.3, 0.4) is 0 Å². The average Bonchev–Trinajstić information content (AvgIpc) is 2.90. The van der Waals surface area contributed by atoms with Crippen LogP contribution < -0.4 is 14.4 Å². The predicted molar refractivity (Wildman–Crippen MR) is 153 cm³/mol. The summed E-state index contributed by atoms with van der Waals surface area (Å²) in [4.78, 5) is 28.3. The van der Waals surface area contributed by atoms with E-state index < -0.39 is 28.5 Å². The third-order valence-corrected chi connectivity index (χ3v) is 8.10. The molecule has 3 rings (SSSR count). The zero-order valence-corrected chi connectivity index (χ0v) is 24.3. The van der Waals surface area contributed by atoms with Gasteiger partial charge in [0.05, 0.1) is 17.7 Å². The number of halogens is 1. The van der Waals surface area contributed by atoms with Crippen LogP contribution in [0.4, 0.5) is 5.69 Å². The van der Waals surface area contributed by atoms with Crippen molar-refractivity contribution in [1.82, 2.24) is 10.2 Å². The summed E-state index contributed by atoms with van der Waals surface area (Å²) >= 11 is 6.26. The van der Waals surface area contributed by atoms with E-state index in [9.17, 15) is 18.0 Å². The van der Waals surface area contributed by atoms with Crippen molar-refractivity contribution in [3.8, 4) is 5.75 Å². The molecule has 0 aromatic heterocycles. The first-order valence-corrected chi connectivity index (χ1v) is 14.3. The Kier molecular flexibility index (Phi) is 9.99. The zero-order valence-electron chi connectivity index (χ0n) is 22.7. The van der Waals surface area contributed by atoms with Crippen molar-refractivity contribution in [2.75, 3.05) is 18.0 Å². The lowest BCUT2D eigenvalue weighted by Crippen LogP contribution is -2.52. The van der Waals surface area contributed by atoms with Gasteiger partial charge in [0.2, 0.25) is 11.8 Å². The molecule has 2 amide bonds. The molecule has 3 aromatic rings. The van der Waals surface area contributed by atoms with Crippen LogP contribution in [0.1, 0.15) is 31.9 Å². The van der Waals surface area contributed by atoms with Crippen LogP contribution in [-0.4, -0.2) is 50.9 Å². The molecule has 0 radical (unpaired) electrons. The van der Waals surface area contributed by atoms with Crippen molar-refractivity contribution in [3.05, 3.63) is 88.9 Å².